The Morgan fingerprint density at radius 3 is 2.52 bits per heavy atom. The van der Waals surface area contributed by atoms with Gasteiger partial charge in [0.2, 0.25) is 5.91 Å². The van der Waals surface area contributed by atoms with Crippen LogP contribution in [0.5, 0.6) is 0 Å². The fraction of sp³-hybridized carbons (Fsp3) is 0.765. The maximum Gasteiger partial charge on any atom is 0.236 e. The molecule has 8 heteroatoms. The number of thioether (sulfide) groups is 2. The van der Waals surface area contributed by atoms with Crippen LogP contribution in [0.3, 0.4) is 0 Å². The molecule has 1 aromatic rings. The molecule has 0 aromatic carbocycles. The van der Waals surface area contributed by atoms with Gasteiger partial charge in [0.25, 0.3) is 0 Å². The van der Waals surface area contributed by atoms with Gasteiger partial charge in [0.05, 0.1) is 11.3 Å². The van der Waals surface area contributed by atoms with Crippen LogP contribution in [0, 0.1) is 17.2 Å². The number of hydrogen-bond acceptors (Lipinski definition) is 7. The summed E-state index contributed by atoms with van der Waals surface area (Å²) in [5.74, 6) is 1.62. The highest BCUT2D eigenvalue weighted by Crippen LogP contribution is 2.36. The average Bonchev–Trinajstić information content (AvgIpc) is 3.06. The summed E-state index contributed by atoms with van der Waals surface area (Å²) in [6, 6.07) is 2.42. The normalized spacial score (nSPS) is 17.9. The van der Waals surface area contributed by atoms with E-state index in [9.17, 15) is 10.1 Å². The zero-order valence-corrected chi connectivity index (χ0v) is 17.8. The van der Waals surface area contributed by atoms with Crippen molar-refractivity contribution in [1.29, 1.82) is 5.26 Å². The molecule has 0 aliphatic heterocycles. The number of rotatable bonds is 7. The second kappa shape index (κ2) is 9.24. The lowest BCUT2D eigenvalue weighted by molar-refractivity contribution is -0.133. The molecule has 0 saturated heterocycles. The van der Waals surface area contributed by atoms with Gasteiger partial charge in [0.1, 0.15) is 5.54 Å². The van der Waals surface area contributed by atoms with Crippen LogP contribution < -0.4 is 0 Å². The highest BCUT2D eigenvalue weighted by molar-refractivity contribution is 8.03. The van der Waals surface area contributed by atoms with E-state index < -0.39 is 5.54 Å². The predicted octanol–water partition coefficient (Wildman–Crippen LogP) is 4.45. The number of carbonyl (C=O) groups is 1. The van der Waals surface area contributed by atoms with Crippen LogP contribution in [0.15, 0.2) is 8.68 Å². The van der Waals surface area contributed by atoms with E-state index in [0.29, 0.717) is 5.92 Å². The van der Waals surface area contributed by atoms with Gasteiger partial charge in [-0.05, 0) is 25.7 Å². The second-order valence-corrected chi connectivity index (χ2v) is 10.7. The molecule has 1 atom stereocenters. The molecule has 1 amide bonds. The Hall–Kier alpha value is -0.780. The molecule has 0 bridgehead atoms. The Morgan fingerprint density at radius 2 is 1.92 bits per heavy atom. The van der Waals surface area contributed by atoms with Crippen LogP contribution in [0.25, 0.3) is 0 Å². The molecule has 0 radical (unpaired) electrons. The number of nitriles is 1. The minimum atomic E-state index is -0.635. The summed E-state index contributed by atoms with van der Waals surface area (Å²) in [6.07, 6.45) is 4.73. The molecule has 1 aliphatic carbocycles. The van der Waals surface area contributed by atoms with Gasteiger partial charge in [-0.3, -0.25) is 4.79 Å². The Morgan fingerprint density at radius 1 is 1.28 bits per heavy atom. The Bertz CT molecular complexity index is 620. The number of hydrogen-bond donors (Lipinski definition) is 0. The summed E-state index contributed by atoms with van der Waals surface area (Å²) in [5, 5.41) is 17.8. The first-order chi connectivity index (χ1) is 11.9. The first-order valence-corrected chi connectivity index (χ1v) is 11.4. The third kappa shape index (κ3) is 5.35. The zero-order valence-electron chi connectivity index (χ0n) is 15.3. The highest BCUT2D eigenvalue weighted by atomic mass is 32.2. The molecule has 1 aromatic heterocycles. The molecule has 1 aliphatic rings. The van der Waals surface area contributed by atoms with Crippen LogP contribution in [0.1, 0.15) is 52.9 Å². The van der Waals surface area contributed by atoms with Gasteiger partial charge < -0.3 is 4.90 Å². The van der Waals surface area contributed by atoms with Crippen molar-refractivity contribution in [2.75, 3.05) is 12.8 Å². The molecule has 0 unspecified atom stereocenters. The molecule has 138 valence electrons. The standard InChI is InChI=1S/C17H26N4OS3/c1-12(2)10-23-15-19-20-16(25-15)24-13(3)14(22)21(4)17(11-18)8-6-5-7-9-17/h12-13H,5-10H2,1-4H3/t13-/m0/s1. The number of amides is 1. The molecule has 1 heterocycles. The van der Waals surface area contributed by atoms with Crippen molar-refractivity contribution < 1.29 is 4.79 Å². The smallest absolute Gasteiger partial charge is 0.236 e. The molecule has 0 spiro atoms. The van der Waals surface area contributed by atoms with Crippen LogP contribution in [-0.2, 0) is 4.79 Å². The van der Waals surface area contributed by atoms with Gasteiger partial charge in [-0.25, -0.2) is 0 Å². The van der Waals surface area contributed by atoms with Gasteiger partial charge >= 0.3 is 0 Å². The van der Waals surface area contributed by atoms with E-state index in [1.165, 1.54) is 11.8 Å². The largest absolute Gasteiger partial charge is 0.326 e. The van der Waals surface area contributed by atoms with Crippen LogP contribution in [0.2, 0.25) is 0 Å². The van der Waals surface area contributed by atoms with Crippen LogP contribution in [0.4, 0.5) is 0 Å². The van der Waals surface area contributed by atoms with Crippen molar-refractivity contribution in [1.82, 2.24) is 15.1 Å². The van der Waals surface area contributed by atoms with Crippen molar-refractivity contribution in [2.45, 2.75) is 72.3 Å². The molecular formula is C17H26N4OS3. The van der Waals surface area contributed by atoms with Gasteiger partial charge in [0, 0.05) is 12.8 Å². The summed E-state index contributed by atoms with van der Waals surface area (Å²) >= 11 is 4.69. The van der Waals surface area contributed by atoms with E-state index in [0.717, 1.165) is 46.5 Å². The summed E-state index contributed by atoms with van der Waals surface area (Å²) in [6.45, 7) is 6.24. The zero-order chi connectivity index (χ0) is 18.4. The number of nitrogens with zero attached hydrogens (tertiary/aromatic N) is 4. The molecular weight excluding hydrogens is 372 g/mol. The lowest BCUT2D eigenvalue weighted by Crippen LogP contribution is -2.52. The van der Waals surface area contributed by atoms with E-state index >= 15 is 0 Å². The third-order valence-corrected chi connectivity index (χ3v) is 8.07. The monoisotopic (exact) mass is 398 g/mol. The Balaban J connectivity index is 1.96. The van der Waals surface area contributed by atoms with Crippen molar-refractivity contribution in [3.8, 4) is 6.07 Å². The van der Waals surface area contributed by atoms with E-state index in [4.69, 9.17) is 0 Å². The molecule has 1 fully saturated rings. The van der Waals surface area contributed by atoms with Gasteiger partial charge in [-0.2, -0.15) is 5.26 Å². The summed E-state index contributed by atoms with van der Waals surface area (Å²) in [5.41, 5.74) is -0.635. The molecule has 2 rings (SSSR count). The fourth-order valence-electron chi connectivity index (χ4n) is 2.89. The molecule has 25 heavy (non-hydrogen) atoms. The minimum absolute atomic E-state index is 0.0000310. The molecule has 1 saturated carbocycles. The summed E-state index contributed by atoms with van der Waals surface area (Å²) < 4.78 is 1.76. The average molecular weight is 399 g/mol. The van der Waals surface area contributed by atoms with Gasteiger partial charge in [0.15, 0.2) is 8.68 Å². The first kappa shape index (κ1) is 20.5. The van der Waals surface area contributed by atoms with Crippen LogP contribution >= 0.6 is 34.9 Å². The topological polar surface area (TPSA) is 69.9 Å². The van der Waals surface area contributed by atoms with Crippen LogP contribution in [-0.4, -0.2) is 44.6 Å². The molecule has 5 nitrogen and oxygen atoms in total. The minimum Gasteiger partial charge on any atom is -0.326 e. The number of aromatic nitrogens is 2. The molecule has 0 N–H and O–H groups in total. The Labute approximate surface area is 163 Å². The maximum absolute atomic E-state index is 12.8. The van der Waals surface area contributed by atoms with E-state index in [-0.39, 0.29) is 11.2 Å². The highest BCUT2D eigenvalue weighted by Gasteiger charge is 2.40. The fourth-order valence-corrected chi connectivity index (χ4v) is 6.12. The van der Waals surface area contributed by atoms with E-state index in [2.05, 4.69) is 30.1 Å². The van der Waals surface area contributed by atoms with Crippen molar-refractivity contribution >= 4 is 40.8 Å². The van der Waals surface area contributed by atoms with E-state index in [1.54, 1.807) is 35.0 Å². The predicted molar refractivity (Wildman–Crippen MR) is 105 cm³/mol. The lowest BCUT2D eigenvalue weighted by Gasteiger charge is -2.39. The first-order valence-electron chi connectivity index (χ1n) is 8.70. The van der Waals surface area contributed by atoms with E-state index in [1.807, 2.05) is 6.92 Å². The Kier molecular flexibility index (Phi) is 7.59. The maximum atomic E-state index is 12.8. The van der Waals surface area contributed by atoms with Gasteiger partial charge in [-0.15, -0.1) is 10.2 Å². The van der Waals surface area contributed by atoms with Crippen molar-refractivity contribution in [2.24, 2.45) is 5.92 Å². The van der Waals surface area contributed by atoms with Crippen molar-refractivity contribution in [3.63, 3.8) is 0 Å². The second-order valence-electron chi connectivity index (χ2n) is 6.90. The van der Waals surface area contributed by atoms with Crippen molar-refractivity contribution in [3.05, 3.63) is 0 Å². The number of carbonyl (C=O) groups excluding carboxylic acids is 1. The summed E-state index contributed by atoms with van der Waals surface area (Å²) in [7, 11) is 1.78. The summed E-state index contributed by atoms with van der Waals surface area (Å²) in [4.78, 5) is 14.5. The quantitative estimate of drug-likeness (QED) is 0.632. The lowest BCUT2D eigenvalue weighted by atomic mass is 9.81. The third-order valence-electron chi connectivity index (χ3n) is 4.41. The van der Waals surface area contributed by atoms with Gasteiger partial charge in [-0.1, -0.05) is 68.0 Å². The SMILES string of the molecule is CC(C)CSc1nnc(S[C@@H](C)C(=O)N(C)C2(C#N)CCCCC2)s1.